The highest BCUT2D eigenvalue weighted by molar-refractivity contribution is 9.10. The number of methoxy groups -OCH3 is 2. The van der Waals surface area contributed by atoms with Crippen molar-refractivity contribution < 1.29 is 28.5 Å². The van der Waals surface area contributed by atoms with E-state index in [0.29, 0.717) is 22.9 Å². The summed E-state index contributed by atoms with van der Waals surface area (Å²) in [4.78, 5) is 25.2. The molecule has 0 saturated heterocycles. The molecule has 9 heteroatoms. The molecule has 0 fully saturated rings. The molecule has 1 amide bonds. The number of hydrogen-bond acceptors (Lipinski definition) is 6. The Kier molecular flexibility index (Phi) is 6.76. The maximum absolute atomic E-state index is 12.8. The summed E-state index contributed by atoms with van der Waals surface area (Å²) < 4.78 is 22.6. The molecule has 0 bridgehead atoms. The molecule has 1 atom stereocenters. The SMILES string of the molecule is COc1cccc(OC)c1NC(=O)C1OC(Oc2cc([Si](C)(C)C)ccc2Br)=CC1=O. The Labute approximate surface area is 190 Å². The Morgan fingerprint density at radius 1 is 1.06 bits per heavy atom. The van der Waals surface area contributed by atoms with E-state index >= 15 is 0 Å². The zero-order valence-electron chi connectivity index (χ0n) is 17.9. The van der Waals surface area contributed by atoms with Gasteiger partial charge in [-0.05, 0) is 40.2 Å². The van der Waals surface area contributed by atoms with Crippen LogP contribution in [0.15, 0.2) is 52.9 Å². The monoisotopic (exact) mass is 505 g/mol. The van der Waals surface area contributed by atoms with Crippen LogP contribution in [0.25, 0.3) is 0 Å². The van der Waals surface area contributed by atoms with E-state index in [1.54, 1.807) is 18.2 Å². The number of benzene rings is 2. The molecule has 31 heavy (non-hydrogen) atoms. The van der Waals surface area contributed by atoms with Crippen molar-refractivity contribution in [1.82, 2.24) is 0 Å². The molecule has 0 aromatic heterocycles. The van der Waals surface area contributed by atoms with Crippen molar-refractivity contribution in [2.24, 2.45) is 0 Å². The third kappa shape index (κ3) is 5.11. The summed E-state index contributed by atoms with van der Waals surface area (Å²) in [5.74, 6) is 0.109. The summed E-state index contributed by atoms with van der Waals surface area (Å²) in [6, 6.07) is 11.0. The van der Waals surface area contributed by atoms with Crippen LogP contribution in [0.5, 0.6) is 17.2 Å². The molecule has 3 rings (SSSR count). The fourth-order valence-electron chi connectivity index (χ4n) is 2.96. The van der Waals surface area contributed by atoms with Crippen molar-refractivity contribution in [1.29, 1.82) is 0 Å². The minimum absolute atomic E-state index is 0.0365. The van der Waals surface area contributed by atoms with E-state index in [9.17, 15) is 9.59 Å². The molecule has 1 unspecified atom stereocenters. The summed E-state index contributed by atoms with van der Waals surface area (Å²) in [5.41, 5.74) is 0.314. The highest BCUT2D eigenvalue weighted by Crippen LogP contribution is 2.35. The van der Waals surface area contributed by atoms with Gasteiger partial charge in [0.15, 0.2) is 0 Å². The minimum atomic E-state index is -1.57. The van der Waals surface area contributed by atoms with Gasteiger partial charge in [-0.15, -0.1) is 0 Å². The Morgan fingerprint density at radius 3 is 2.29 bits per heavy atom. The Balaban J connectivity index is 1.75. The number of carbonyl (C=O) groups is 2. The number of para-hydroxylation sites is 1. The van der Waals surface area contributed by atoms with E-state index in [1.165, 1.54) is 25.5 Å². The second-order valence-corrected chi connectivity index (χ2v) is 13.8. The number of hydrogen-bond donors (Lipinski definition) is 1. The summed E-state index contributed by atoms with van der Waals surface area (Å²) in [6.45, 7) is 6.67. The summed E-state index contributed by atoms with van der Waals surface area (Å²) in [5, 5.41) is 3.84. The number of rotatable bonds is 7. The van der Waals surface area contributed by atoms with Crippen LogP contribution in [-0.2, 0) is 14.3 Å². The number of amides is 1. The van der Waals surface area contributed by atoms with E-state index in [2.05, 4.69) is 47.0 Å². The Hall–Kier alpha value is -2.78. The van der Waals surface area contributed by atoms with Crippen molar-refractivity contribution >= 4 is 46.6 Å². The van der Waals surface area contributed by atoms with Crippen LogP contribution in [0.2, 0.25) is 19.6 Å². The second-order valence-electron chi connectivity index (χ2n) is 7.89. The number of anilines is 1. The third-order valence-electron chi connectivity index (χ3n) is 4.67. The van der Waals surface area contributed by atoms with E-state index in [4.69, 9.17) is 18.9 Å². The molecule has 1 aliphatic heterocycles. The molecular weight excluding hydrogens is 482 g/mol. The standard InChI is InChI=1S/C22H24BrNO6Si/c1-27-16-7-6-8-17(28-2)20(16)24-22(26)21-15(25)12-19(30-21)29-18-11-13(31(3,4)5)9-10-14(18)23/h6-12,21H,1-5H3,(H,24,26). The average molecular weight is 506 g/mol. The van der Waals surface area contributed by atoms with Gasteiger partial charge in [0.25, 0.3) is 11.9 Å². The highest BCUT2D eigenvalue weighted by Gasteiger charge is 2.36. The van der Waals surface area contributed by atoms with Gasteiger partial charge >= 0.3 is 0 Å². The molecule has 1 heterocycles. The zero-order valence-corrected chi connectivity index (χ0v) is 20.5. The molecule has 0 aliphatic carbocycles. The first-order valence-corrected chi connectivity index (χ1v) is 13.8. The number of halogens is 1. The third-order valence-corrected chi connectivity index (χ3v) is 7.37. The molecule has 1 aliphatic rings. The first-order valence-electron chi connectivity index (χ1n) is 9.56. The molecule has 0 saturated carbocycles. The van der Waals surface area contributed by atoms with Gasteiger partial charge in [0.1, 0.15) is 22.9 Å². The van der Waals surface area contributed by atoms with E-state index in [0.717, 1.165) is 4.47 Å². The van der Waals surface area contributed by atoms with Gasteiger partial charge in [-0.2, -0.15) is 0 Å². The first-order chi connectivity index (χ1) is 14.6. The van der Waals surface area contributed by atoms with E-state index < -0.39 is 25.9 Å². The van der Waals surface area contributed by atoms with Crippen LogP contribution in [0.4, 0.5) is 5.69 Å². The molecule has 164 valence electrons. The van der Waals surface area contributed by atoms with Crippen molar-refractivity contribution in [2.45, 2.75) is 25.7 Å². The lowest BCUT2D eigenvalue weighted by Crippen LogP contribution is -2.37. The molecule has 7 nitrogen and oxygen atoms in total. The van der Waals surface area contributed by atoms with Crippen LogP contribution in [0.1, 0.15) is 0 Å². The lowest BCUT2D eigenvalue weighted by Gasteiger charge is -2.19. The quantitative estimate of drug-likeness (QED) is 0.454. The number of carbonyl (C=O) groups excluding carboxylic acids is 2. The number of nitrogens with one attached hydrogen (secondary N) is 1. The lowest BCUT2D eigenvalue weighted by atomic mass is 10.2. The predicted molar refractivity (Wildman–Crippen MR) is 124 cm³/mol. The van der Waals surface area contributed by atoms with Crippen molar-refractivity contribution in [3.63, 3.8) is 0 Å². The van der Waals surface area contributed by atoms with Crippen molar-refractivity contribution in [3.05, 3.63) is 52.9 Å². The van der Waals surface area contributed by atoms with Gasteiger partial charge in [0.05, 0.1) is 32.8 Å². The van der Waals surface area contributed by atoms with Gasteiger partial charge in [0.2, 0.25) is 11.9 Å². The predicted octanol–water partition coefficient (Wildman–Crippen LogP) is 3.84. The van der Waals surface area contributed by atoms with Crippen molar-refractivity contribution in [3.8, 4) is 17.2 Å². The van der Waals surface area contributed by atoms with Gasteiger partial charge in [0, 0.05) is 0 Å². The fourth-order valence-corrected chi connectivity index (χ4v) is 4.43. The average Bonchev–Trinajstić information content (AvgIpc) is 3.09. The minimum Gasteiger partial charge on any atom is -0.494 e. The Morgan fingerprint density at radius 2 is 1.71 bits per heavy atom. The van der Waals surface area contributed by atoms with Gasteiger partial charge in [-0.3, -0.25) is 9.59 Å². The molecule has 0 spiro atoms. The summed E-state index contributed by atoms with van der Waals surface area (Å²) >= 11 is 3.46. The van der Waals surface area contributed by atoms with Crippen LogP contribution >= 0.6 is 15.9 Å². The molecule has 1 N–H and O–H groups in total. The normalized spacial score (nSPS) is 15.7. The highest BCUT2D eigenvalue weighted by atomic mass is 79.9. The topological polar surface area (TPSA) is 83.1 Å². The molecule has 2 aromatic carbocycles. The van der Waals surface area contributed by atoms with Crippen LogP contribution in [0.3, 0.4) is 0 Å². The molecule has 0 radical (unpaired) electrons. The van der Waals surface area contributed by atoms with Gasteiger partial charge in [-0.1, -0.05) is 37.0 Å². The van der Waals surface area contributed by atoms with Gasteiger partial charge in [-0.25, -0.2) is 0 Å². The summed E-state index contributed by atoms with van der Waals surface area (Å²) in [6.07, 6.45) is -0.194. The maximum Gasteiger partial charge on any atom is 0.289 e. The lowest BCUT2D eigenvalue weighted by molar-refractivity contribution is -0.134. The van der Waals surface area contributed by atoms with Crippen molar-refractivity contribution in [2.75, 3.05) is 19.5 Å². The Bertz CT molecular complexity index is 1020. The van der Waals surface area contributed by atoms with E-state index in [1.807, 2.05) is 12.1 Å². The fraction of sp³-hybridized carbons (Fsp3) is 0.273. The largest absolute Gasteiger partial charge is 0.494 e. The summed E-state index contributed by atoms with van der Waals surface area (Å²) in [7, 11) is 1.38. The smallest absolute Gasteiger partial charge is 0.289 e. The number of ketones is 1. The molecular formula is C22H24BrNO6Si. The maximum atomic E-state index is 12.8. The molecule has 2 aromatic rings. The van der Waals surface area contributed by atoms with Crippen LogP contribution < -0.4 is 24.7 Å². The van der Waals surface area contributed by atoms with Gasteiger partial charge < -0.3 is 24.3 Å². The number of ether oxygens (including phenoxy) is 4. The first kappa shape index (κ1) is 22.9. The zero-order chi connectivity index (χ0) is 22.8. The van der Waals surface area contributed by atoms with Crippen LogP contribution in [0, 0.1) is 0 Å². The second kappa shape index (κ2) is 9.15. The van der Waals surface area contributed by atoms with Crippen LogP contribution in [-0.4, -0.2) is 40.1 Å². The van der Waals surface area contributed by atoms with E-state index in [-0.39, 0.29) is 5.95 Å².